The van der Waals surface area contributed by atoms with Gasteiger partial charge in [0.25, 0.3) is 5.91 Å². The number of hydrogen-bond acceptors (Lipinski definition) is 7. The second kappa shape index (κ2) is 9.57. The fourth-order valence-electron chi connectivity index (χ4n) is 3.29. The molecule has 2 atom stereocenters. The van der Waals surface area contributed by atoms with Gasteiger partial charge in [0.15, 0.2) is 6.10 Å². The summed E-state index contributed by atoms with van der Waals surface area (Å²) in [6.45, 7) is 5.60. The number of rotatable bonds is 6. The molecule has 1 aliphatic rings. The van der Waals surface area contributed by atoms with Gasteiger partial charge in [-0.3, -0.25) is 4.79 Å². The predicted octanol–water partition coefficient (Wildman–Crippen LogP) is 4.28. The third-order valence-electron chi connectivity index (χ3n) is 4.86. The van der Waals surface area contributed by atoms with Gasteiger partial charge in [-0.1, -0.05) is 18.5 Å². The van der Waals surface area contributed by atoms with Gasteiger partial charge >= 0.3 is 11.9 Å². The number of anilines is 1. The Morgan fingerprint density at radius 1 is 1.37 bits per heavy atom. The molecule has 0 spiro atoms. The molecule has 0 unspecified atom stereocenters. The molecule has 0 saturated heterocycles. The zero-order chi connectivity index (χ0) is 21.8. The molecule has 0 fully saturated rings. The zero-order valence-corrected chi connectivity index (χ0v) is 18.6. The molecule has 0 aromatic carbocycles. The zero-order valence-electron chi connectivity index (χ0n) is 17.0. The third-order valence-corrected chi connectivity index (χ3v) is 6.33. The monoisotopic (exact) mass is 450 g/mol. The predicted molar refractivity (Wildman–Crippen MR) is 114 cm³/mol. The maximum Gasteiger partial charge on any atom is 0.342 e. The van der Waals surface area contributed by atoms with E-state index in [-0.39, 0.29) is 17.3 Å². The maximum absolute atomic E-state index is 12.7. The molecular formula is C21H23ClN2O5S. The van der Waals surface area contributed by atoms with E-state index in [9.17, 15) is 14.4 Å². The summed E-state index contributed by atoms with van der Waals surface area (Å²) in [5, 5.41) is 3.18. The summed E-state index contributed by atoms with van der Waals surface area (Å²) in [5.74, 6) is -1.23. The summed E-state index contributed by atoms with van der Waals surface area (Å²) in [4.78, 5) is 42.4. The molecule has 2 aromatic rings. The van der Waals surface area contributed by atoms with Crippen LogP contribution < -0.4 is 5.32 Å². The average Bonchev–Trinajstić information content (AvgIpc) is 3.05. The number of fused-ring (bicyclic) bond motifs is 1. The lowest BCUT2D eigenvalue weighted by Gasteiger charge is -2.18. The van der Waals surface area contributed by atoms with E-state index in [0.29, 0.717) is 16.5 Å². The van der Waals surface area contributed by atoms with E-state index in [0.717, 1.165) is 29.7 Å². The van der Waals surface area contributed by atoms with Crippen LogP contribution in [-0.2, 0) is 27.1 Å². The summed E-state index contributed by atoms with van der Waals surface area (Å²) >= 11 is 7.28. The molecule has 7 nitrogen and oxygen atoms in total. The molecular weight excluding hydrogens is 428 g/mol. The number of aromatic nitrogens is 1. The molecule has 30 heavy (non-hydrogen) atoms. The minimum atomic E-state index is -1.10. The Morgan fingerprint density at radius 3 is 2.83 bits per heavy atom. The number of ether oxygens (including phenoxy) is 2. The summed E-state index contributed by atoms with van der Waals surface area (Å²) < 4.78 is 10.4. The Kier molecular flexibility index (Phi) is 7.10. The van der Waals surface area contributed by atoms with Crippen LogP contribution >= 0.6 is 22.9 Å². The number of thiophene rings is 1. The van der Waals surface area contributed by atoms with Gasteiger partial charge in [-0.05, 0) is 56.7 Å². The fraction of sp³-hybridized carbons (Fsp3) is 0.429. The van der Waals surface area contributed by atoms with Crippen molar-refractivity contribution < 1.29 is 23.9 Å². The average molecular weight is 451 g/mol. The van der Waals surface area contributed by atoms with Gasteiger partial charge in [-0.15, -0.1) is 11.3 Å². The van der Waals surface area contributed by atoms with Crippen LogP contribution in [0.3, 0.4) is 0 Å². The van der Waals surface area contributed by atoms with E-state index < -0.39 is 23.9 Å². The van der Waals surface area contributed by atoms with Crippen molar-refractivity contribution in [1.82, 2.24) is 4.98 Å². The highest BCUT2D eigenvalue weighted by Crippen LogP contribution is 2.40. The van der Waals surface area contributed by atoms with Crippen molar-refractivity contribution in [1.29, 1.82) is 0 Å². The normalized spacial score (nSPS) is 16.3. The van der Waals surface area contributed by atoms with Crippen LogP contribution in [-0.4, -0.2) is 35.5 Å². The van der Waals surface area contributed by atoms with Gasteiger partial charge in [-0.25, -0.2) is 14.6 Å². The summed E-state index contributed by atoms with van der Waals surface area (Å²) in [7, 11) is 0. The largest absolute Gasteiger partial charge is 0.462 e. The van der Waals surface area contributed by atoms with Gasteiger partial charge in [0, 0.05) is 11.1 Å². The second-order valence-corrected chi connectivity index (χ2v) is 8.62. The smallest absolute Gasteiger partial charge is 0.342 e. The van der Waals surface area contributed by atoms with Crippen LogP contribution in [0.15, 0.2) is 18.3 Å². The van der Waals surface area contributed by atoms with Gasteiger partial charge in [-0.2, -0.15) is 0 Å². The Morgan fingerprint density at radius 2 is 2.13 bits per heavy atom. The van der Waals surface area contributed by atoms with Crippen molar-refractivity contribution in [2.45, 2.75) is 46.1 Å². The Bertz CT molecular complexity index is 974. The van der Waals surface area contributed by atoms with Crippen molar-refractivity contribution >= 4 is 45.8 Å². The molecule has 0 bridgehead atoms. The molecule has 2 heterocycles. The van der Waals surface area contributed by atoms with Crippen LogP contribution in [0.25, 0.3) is 0 Å². The number of hydrogen-bond donors (Lipinski definition) is 1. The third kappa shape index (κ3) is 4.82. The second-order valence-electron chi connectivity index (χ2n) is 7.15. The number of pyridine rings is 1. The van der Waals surface area contributed by atoms with E-state index in [1.807, 2.05) is 0 Å². The summed E-state index contributed by atoms with van der Waals surface area (Å²) in [6.07, 6.45) is 2.95. The summed E-state index contributed by atoms with van der Waals surface area (Å²) in [5.41, 5.74) is 1.43. The van der Waals surface area contributed by atoms with Crippen LogP contribution in [0.2, 0.25) is 5.15 Å². The lowest BCUT2D eigenvalue weighted by molar-refractivity contribution is -0.123. The van der Waals surface area contributed by atoms with Crippen molar-refractivity contribution in [3.05, 3.63) is 45.1 Å². The lowest BCUT2D eigenvalue weighted by Crippen LogP contribution is -2.30. The molecule has 1 aliphatic carbocycles. The molecule has 0 radical (unpaired) electrons. The van der Waals surface area contributed by atoms with Gasteiger partial charge in [0.1, 0.15) is 10.2 Å². The van der Waals surface area contributed by atoms with Crippen molar-refractivity contribution in [3.63, 3.8) is 0 Å². The maximum atomic E-state index is 12.7. The van der Waals surface area contributed by atoms with E-state index in [1.165, 1.54) is 30.5 Å². The quantitative estimate of drug-likeness (QED) is 0.521. The topological polar surface area (TPSA) is 94.6 Å². The number of carbonyl (C=O) groups excluding carboxylic acids is 3. The van der Waals surface area contributed by atoms with E-state index in [4.69, 9.17) is 21.1 Å². The highest BCUT2D eigenvalue weighted by atomic mass is 35.5. The van der Waals surface area contributed by atoms with Crippen LogP contribution in [0.4, 0.5) is 5.00 Å². The van der Waals surface area contributed by atoms with Gasteiger partial charge in [0.2, 0.25) is 0 Å². The Hall–Kier alpha value is -2.45. The first kappa shape index (κ1) is 22.2. The van der Waals surface area contributed by atoms with E-state index >= 15 is 0 Å². The Labute approximate surface area is 183 Å². The number of halogens is 1. The molecule has 160 valence electrons. The van der Waals surface area contributed by atoms with Gasteiger partial charge in [0.05, 0.1) is 17.7 Å². The first-order valence-electron chi connectivity index (χ1n) is 9.75. The van der Waals surface area contributed by atoms with E-state index in [1.54, 1.807) is 13.0 Å². The lowest BCUT2D eigenvalue weighted by atomic mass is 9.88. The highest BCUT2D eigenvalue weighted by molar-refractivity contribution is 7.17. The number of nitrogens with one attached hydrogen (secondary N) is 1. The number of carbonyl (C=O) groups is 3. The number of esters is 2. The molecule has 9 heteroatoms. The first-order valence-corrected chi connectivity index (χ1v) is 10.9. The molecule has 2 aromatic heterocycles. The summed E-state index contributed by atoms with van der Waals surface area (Å²) in [6, 6.07) is 3.02. The van der Waals surface area contributed by atoms with Crippen LogP contribution in [0.5, 0.6) is 0 Å². The van der Waals surface area contributed by atoms with Crippen molar-refractivity contribution in [2.75, 3.05) is 11.9 Å². The minimum absolute atomic E-state index is 0.000225. The van der Waals surface area contributed by atoms with Crippen molar-refractivity contribution in [2.24, 2.45) is 5.92 Å². The first-order chi connectivity index (χ1) is 14.3. The molecule has 1 N–H and O–H groups in total. The van der Waals surface area contributed by atoms with Gasteiger partial charge < -0.3 is 14.8 Å². The molecule has 0 aliphatic heterocycles. The SMILES string of the molecule is CCOC(=O)c1c(NC(=O)[C@H](C)OC(=O)c2cccnc2Cl)sc2c1CC[C@H](C)C2. The molecule has 1 amide bonds. The number of nitrogens with zero attached hydrogens (tertiary/aromatic N) is 1. The minimum Gasteiger partial charge on any atom is -0.462 e. The van der Waals surface area contributed by atoms with Crippen molar-refractivity contribution in [3.8, 4) is 0 Å². The highest BCUT2D eigenvalue weighted by Gasteiger charge is 2.30. The molecule has 0 saturated carbocycles. The Balaban J connectivity index is 1.78. The van der Waals surface area contributed by atoms with E-state index in [2.05, 4.69) is 17.2 Å². The van der Waals surface area contributed by atoms with Crippen LogP contribution in [0, 0.1) is 5.92 Å². The molecule has 3 rings (SSSR count). The van der Waals surface area contributed by atoms with Crippen LogP contribution in [0.1, 0.15) is 58.3 Å². The fourth-order valence-corrected chi connectivity index (χ4v) is 4.89. The standard InChI is InChI=1S/C21H23ClN2O5S/c1-4-28-21(27)16-13-8-7-11(2)10-15(13)30-19(16)24-18(25)12(3)29-20(26)14-6-5-9-23-17(14)22/h5-6,9,11-12H,4,7-8,10H2,1-3H3,(H,24,25)/t11-,12-/m0/s1. The number of amides is 1.